The van der Waals surface area contributed by atoms with E-state index in [1.807, 2.05) is 61.3 Å². The van der Waals surface area contributed by atoms with E-state index in [-0.39, 0.29) is 16.7 Å². The number of nitrogens with two attached hydrogens (primary N) is 1. The van der Waals surface area contributed by atoms with E-state index < -0.39 is 5.54 Å². The Labute approximate surface area is 171 Å². The van der Waals surface area contributed by atoms with Gasteiger partial charge in [-0.25, -0.2) is 0 Å². The molecule has 2 unspecified atom stereocenters. The fraction of sp³-hybridized carbons (Fsp3) is 0.409. The molecule has 1 saturated heterocycles. The highest BCUT2D eigenvalue weighted by atomic mass is 16.6. The third-order valence-electron chi connectivity index (χ3n) is 6.04. The molecule has 7 nitrogen and oxygen atoms in total. The average molecular weight is 396 g/mol. The Morgan fingerprint density at radius 1 is 1.31 bits per heavy atom. The van der Waals surface area contributed by atoms with E-state index >= 15 is 0 Å². The van der Waals surface area contributed by atoms with Crippen LogP contribution in [0.2, 0.25) is 0 Å². The van der Waals surface area contributed by atoms with Gasteiger partial charge in [-0.1, -0.05) is 36.4 Å². The van der Waals surface area contributed by atoms with E-state index in [4.69, 9.17) is 5.73 Å². The molecule has 7 heteroatoms. The van der Waals surface area contributed by atoms with Crippen molar-refractivity contribution in [3.8, 4) is 0 Å². The molecule has 2 aromatic carbocycles. The Morgan fingerprint density at radius 3 is 2.69 bits per heavy atom. The molecule has 3 rings (SSSR count). The maximum absolute atomic E-state index is 11.9. The quantitative estimate of drug-likeness (QED) is 0.419. The lowest BCUT2D eigenvalue weighted by Gasteiger charge is -2.38. The zero-order chi connectivity index (χ0) is 21.0. The monoisotopic (exact) mass is 396 g/mol. The van der Waals surface area contributed by atoms with Crippen LogP contribution in [0.25, 0.3) is 0 Å². The first-order valence-electron chi connectivity index (χ1n) is 9.86. The van der Waals surface area contributed by atoms with Crippen molar-refractivity contribution in [2.75, 3.05) is 25.0 Å². The van der Waals surface area contributed by atoms with Crippen molar-refractivity contribution in [2.45, 2.75) is 37.9 Å². The fourth-order valence-corrected chi connectivity index (χ4v) is 4.24. The van der Waals surface area contributed by atoms with Crippen LogP contribution >= 0.6 is 0 Å². The van der Waals surface area contributed by atoms with Crippen LogP contribution in [0.5, 0.6) is 0 Å². The Bertz CT molecular complexity index is 874. The summed E-state index contributed by atoms with van der Waals surface area (Å²) < 4.78 is 0. The van der Waals surface area contributed by atoms with E-state index in [2.05, 4.69) is 4.90 Å². The lowest BCUT2D eigenvalue weighted by Crippen LogP contribution is -2.49. The molecule has 1 aliphatic rings. The van der Waals surface area contributed by atoms with E-state index in [0.29, 0.717) is 25.2 Å². The van der Waals surface area contributed by atoms with Crippen molar-refractivity contribution in [2.24, 2.45) is 5.73 Å². The molecular weight excluding hydrogens is 368 g/mol. The Hall–Kier alpha value is -2.77. The highest BCUT2D eigenvalue weighted by Gasteiger charge is 2.44. The number of nitrogens with zero attached hydrogens (tertiary/aromatic N) is 3. The summed E-state index contributed by atoms with van der Waals surface area (Å²) in [5.74, 6) is 0. The smallest absolute Gasteiger partial charge is 0.292 e. The lowest BCUT2D eigenvalue weighted by molar-refractivity contribution is -0.384. The SMILES string of the molecule is CN(Cc1ccccc1)c1ccc(C2(C)C(N)CCN2CCC=O)cc1[N+](=O)[O-]. The van der Waals surface area contributed by atoms with Crippen LogP contribution in [0, 0.1) is 10.1 Å². The van der Waals surface area contributed by atoms with Crippen LogP contribution in [0.1, 0.15) is 30.9 Å². The second-order valence-electron chi connectivity index (χ2n) is 7.79. The van der Waals surface area contributed by atoms with Gasteiger partial charge in [0.05, 0.1) is 10.5 Å². The fourth-order valence-electron chi connectivity index (χ4n) is 4.24. The third-order valence-corrected chi connectivity index (χ3v) is 6.04. The Morgan fingerprint density at radius 2 is 2.03 bits per heavy atom. The van der Waals surface area contributed by atoms with Gasteiger partial charge in [0.2, 0.25) is 0 Å². The maximum Gasteiger partial charge on any atom is 0.292 e. The van der Waals surface area contributed by atoms with Crippen LogP contribution < -0.4 is 10.6 Å². The van der Waals surface area contributed by atoms with Crippen molar-refractivity contribution < 1.29 is 9.72 Å². The molecule has 0 aromatic heterocycles. The number of carbonyl (C=O) groups is 1. The van der Waals surface area contributed by atoms with E-state index in [9.17, 15) is 14.9 Å². The van der Waals surface area contributed by atoms with Gasteiger partial charge in [-0.3, -0.25) is 15.0 Å². The summed E-state index contributed by atoms with van der Waals surface area (Å²) in [5, 5.41) is 11.9. The summed E-state index contributed by atoms with van der Waals surface area (Å²) >= 11 is 0. The van der Waals surface area contributed by atoms with Gasteiger partial charge in [-0.2, -0.15) is 0 Å². The number of likely N-dealkylation sites (tertiary alicyclic amines) is 1. The largest absolute Gasteiger partial charge is 0.365 e. The first-order valence-corrected chi connectivity index (χ1v) is 9.86. The van der Waals surface area contributed by atoms with Crippen molar-refractivity contribution >= 4 is 17.7 Å². The van der Waals surface area contributed by atoms with Crippen LogP contribution in [0.15, 0.2) is 48.5 Å². The number of nitro groups is 1. The number of benzene rings is 2. The van der Waals surface area contributed by atoms with Gasteiger partial charge in [0, 0.05) is 45.2 Å². The van der Waals surface area contributed by atoms with Gasteiger partial charge in [0.1, 0.15) is 12.0 Å². The minimum atomic E-state index is -0.537. The molecule has 2 aromatic rings. The van der Waals surface area contributed by atoms with Crippen LogP contribution in [0.4, 0.5) is 11.4 Å². The number of carbonyl (C=O) groups excluding carboxylic acids is 1. The van der Waals surface area contributed by atoms with Gasteiger partial charge >= 0.3 is 0 Å². The van der Waals surface area contributed by atoms with Crippen molar-refractivity contribution in [3.05, 3.63) is 69.8 Å². The minimum absolute atomic E-state index is 0.0663. The standard InChI is InChI=1S/C22H28N4O3/c1-22(21(23)11-13-25(22)12-6-14-27)18-9-10-19(20(15-18)26(28)29)24(2)16-17-7-4-3-5-8-17/h3-5,7-10,14-15,21H,6,11-13,16,23H2,1-2H3. The lowest BCUT2D eigenvalue weighted by atomic mass is 9.85. The molecule has 29 heavy (non-hydrogen) atoms. The summed E-state index contributed by atoms with van der Waals surface area (Å²) in [6.07, 6.45) is 2.11. The number of anilines is 1. The molecule has 0 spiro atoms. The highest BCUT2D eigenvalue weighted by Crippen LogP contribution is 2.41. The number of hydrogen-bond donors (Lipinski definition) is 1. The van der Waals surface area contributed by atoms with Crippen molar-refractivity contribution in [3.63, 3.8) is 0 Å². The predicted octanol–water partition coefficient (Wildman–Crippen LogP) is 3.07. The van der Waals surface area contributed by atoms with Gasteiger partial charge < -0.3 is 15.4 Å². The highest BCUT2D eigenvalue weighted by molar-refractivity contribution is 5.65. The summed E-state index contributed by atoms with van der Waals surface area (Å²) in [6, 6.07) is 15.1. The van der Waals surface area contributed by atoms with Gasteiger partial charge in [-0.05, 0) is 30.5 Å². The molecule has 0 radical (unpaired) electrons. The average Bonchev–Trinajstić information content (AvgIpc) is 3.01. The molecule has 154 valence electrons. The molecule has 0 bridgehead atoms. The summed E-state index contributed by atoms with van der Waals surface area (Å²) in [5.41, 5.74) is 8.42. The Balaban J connectivity index is 1.95. The third kappa shape index (κ3) is 4.16. The minimum Gasteiger partial charge on any atom is -0.365 e. The van der Waals surface area contributed by atoms with Crippen LogP contribution in [0.3, 0.4) is 0 Å². The van der Waals surface area contributed by atoms with Crippen molar-refractivity contribution in [1.82, 2.24) is 4.90 Å². The predicted molar refractivity (Wildman–Crippen MR) is 114 cm³/mol. The molecule has 0 saturated carbocycles. The normalized spacial score (nSPS) is 21.8. The summed E-state index contributed by atoms with van der Waals surface area (Å²) in [7, 11) is 1.86. The molecule has 1 aliphatic heterocycles. The number of nitro benzene ring substituents is 1. The molecule has 2 atom stereocenters. The summed E-state index contributed by atoms with van der Waals surface area (Å²) in [4.78, 5) is 26.4. The number of aldehydes is 1. The topological polar surface area (TPSA) is 92.7 Å². The van der Waals surface area contributed by atoms with Gasteiger partial charge in [-0.15, -0.1) is 0 Å². The van der Waals surface area contributed by atoms with Gasteiger partial charge in [0.25, 0.3) is 5.69 Å². The molecular formula is C22H28N4O3. The maximum atomic E-state index is 11.9. The molecule has 0 aliphatic carbocycles. The Kier molecular flexibility index (Phi) is 6.30. The molecule has 2 N–H and O–H groups in total. The second-order valence-corrected chi connectivity index (χ2v) is 7.79. The van der Waals surface area contributed by atoms with Crippen LogP contribution in [-0.4, -0.2) is 42.3 Å². The molecule has 0 amide bonds. The zero-order valence-corrected chi connectivity index (χ0v) is 17.0. The first kappa shape index (κ1) is 21.0. The van der Waals surface area contributed by atoms with Crippen molar-refractivity contribution in [1.29, 1.82) is 0 Å². The van der Waals surface area contributed by atoms with E-state index in [1.165, 1.54) is 0 Å². The second kappa shape index (κ2) is 8.71. The number of hydrogen-bond acceptors (Lipinski definition) is 6. The molecule has 1 heterocycles. The summed E-state index contributed by atoms with van der Waals surface area (Å²) in [6.45, 7) is 3.96. The van der Waals surface area contributed by atoms with E-state index in [0.717, 1.165) is 30.4 Å². The van der Waals surface area contributed by atoms with Crippen LogP contribution in [-0.2, 0) is 16.9 Å². The van der Waals surface area contributed by atoms with Gasteiger partial charge in [0.15, 0.2) is 0 Å². The van der Waals surface area contributed by atoms with E-state index in [1.54, 1.807) is 6.07 Å². The molecule has 1 fully saturated rings. The number of rotatable bonds is 8. The first-order chi connectivity index (χ1) is 13.9. The zero-order valence-electron chi connectivity index (χ0n) is 17.0.